The fourth-order valence-corrected chi connectivity index (χ4v) is 2.18. The molecule has 1 fully saturated rings. The first kappa shape index (κ1) is 15.9. The molecule has 0 unspecified atom stereocenters. The Morgan fingerprint density at radius 1 is 1.43 bits per heavy atom. The van der Waals surface area contributed by atoms with E-state index in [-0.39, 0.29) is 6.04 Å². The Bertz CT molecular complexity index is 500. The van der Waals surface area contributed by atoms with Gasteiger partial charge in [-0.05, 0) is 18.6 Å². The second-order valence-electron chi connectivity index (χ2n) is 5.79. The van der Waals surface area contributed by atoms with Gasteiger partial charge in [0.15, 0.2) is 0 Å². The van der Waals surface area contributed by atoms with Crippen molar-refractivity contribution in [3.63, 3.8) is 0 Å². The molecule has 1 aliphatic rings. The molecular weight excluding hydrogens is 285 g/mol. The molecular formula is C14H17F3N2O2. The first-order valence-electron chi connectivity index (χ1n) is 6.62. The summed E-state index contributed by atoms with van der Waals surface area (Å²) in [6, 6.07) is 2.15. The summed E-state index contributed by atoms with van der Waals surface area (Å²) in [5.74, 6) is 0. The Hall–Kier alpha value is -1.47. The van der Waals surface area contributed by atoms with E-state index in [2.05, 4.69) is 4.98 Å². The minimum Gasteiger partial charge on any atom is -0.303 e. The molecule has 0 aromatic carbocycles. The highest BCUT2D eigenvalue weighted by Crippen LogP contribution is 2.33. The van der Waals surface area contributed by atoms with Crippen LogP contribution < -0.4 is 0 Å². The zero-order valence-electron chi connectivity index (χ0n) is 11.9. The van der Waals surface area contributed by atoms with E-state index in [1.54, 1.807) is 18.9 Å². The normalized spacial score (nSPS) is 20.7. The number of pyridine rings is 1. The van der Waals surface area contributed by atoms with Gasteiger partial charge in [-0.3, -0.25) is 9.82 Å². The number of carbonyl (C=O) groups is 1. The van der Waals surface area contributed by atoms with Crippen molar-refractivity contribution in [3.8, 4) is 0 Å². The predicted octanol–water partition coefficient (Wildman–Crippen LogP) is 3.00. The number of nitrogens with zero attached hydrogens (tertiary/aromatic N) is 2. The number of rotatable bonds is 4. The SMILES string of the molecule is CC(C)(C=O)CN1OCC[C@H]1c1ccc(C(F)(F)F)cn1. The molecule has 0 spiro atoms. The van der Waals surface area contributed by atoms with Crippen molar-refractivity contribution in [2.24, 2.45) is 5.41 Å². The van der Waals surface area contributed by atoms with Crippen LogP contribution in [0.2, 0.25) is 0 Å². The largest absolute Gasteiger partial charge is 0.417 e. The van der Waals surface area contributed by atoms with Crippen LogP contribution in [0.25, 0.3) is 0 Å². The van der Waals surface area contributed by atoms with Crippen molar-refractivity contribution >= 4 is 6.29 Å². The fraction of sp³-hybridized carbons (Fsp3) is 0.571. The van der Waals surface area contributed by atoms with E-state index >= 15 is 0 Å². The summed E-state index contributed by atoms with van der Waals surface area (Å²) in [7, 11) is 0. The molecule has 0 bridgehead atoms. The van der Waals surface area contributed by atoms with Crippen LogP contribution in [-0.4, -0.2) is 29.5 Å². The van der Waals surface area contributed by atoms with Crippen molar-refractivity contribution < 1.29 is 22.8 Å². The molecule has 0 N–H and O–H groups in total. The minimum atomic E-state index is -4.39. The minimum absolute atomic E-state index is 0.230. The van der Waals surface area contributed by atoms with Crippen molar-refractivity contribution in [2.45, 2.75) is 32.5 Å². The van der Waals surface area contributed by atoms with E-state index in [1.807, 2.05) is 0 Å². The van der Waals surface area contributed by atoms with E-state index < -0.39 is 17.2 Å². The monoisotopic (exact) mass is 302 g/mol. The van der Waals surface area contributed by atoms with Crippen LogP contribution in [0.4, 0.5) is 13.2 Å². The number of halogens is 3. The molecule has 21 heavy (non-hydrogen) atoms. The van der Waals surface area contributed by atoms with E-state index in [0.717, 1.165) is 18.5 Å². The summed E-state index contributed by atoms with van der Waals surface area (Å²) in [4.78, 5) is 20.4. The molecule has 2 heterocycles. The third-order valence-corrected chi connectivity index (χ3v) is 3.33. The maximum absolute atomic E-state index is 12.5. The van der Waals surface area contributed by atoms with Gasteiger partial charge >= 0.3 is 6.18 Å². The molecule has 1 aromatic heterocycles. The van der Waals surface area contributed by atoms with Gasteiger partial charge in [-0.25, -0.2) is 0 Å². The quantitative estimate of drug-likeness (QED) is 0.802. The zero-order valence-corrected chi connectivity index (χ0v) is 11.9. The molecule has 4 nitrogen and oxygen atoms in total. The highest BCUT2D eigenvalue weighted by Gasteiger charge is 2.35. The molecule has 0 amide bonds. The number of alkyl halides is 3. The van der Waals surface area contributed by atoms with Gasteiger partial charge in [0.1, 0.15) is 6.29 Å². The summed E-state index contributed by atoms with van der Waals surface area (Å²) >= 11 is 0. The van der Waals surface area contributed by atoms with Gasteiger partial charge in [-0.2, -0.15) is 18.2 Å². The number of hydrogen-bond donors (Lipinski definition) is 0. The van der Waals surface area contributed by atoms with Crippen LogP contribution in [0.15, 0.2) is 18.3 Å². The van der Waals surface area contributed by atoms with Crippen molar-refractivity contribution in [2.75, 3.05) is 13.2 Å². The first-order valence-corrected chi connectivity index (χ1v) is 6.62. The third-order valence-electron chi connectivity index (χ3n) is 3.33. The predicted molar refractivity (Wildman–Crippen MR) is 69.1 cm³/mol. The highest BCUT2D eigenvalue weighted by atomic mass is 19.4. The summed E-state index contributed by atoms with van der Waals surface area (Å²) in [6.45, 7) is 4.38. The van der Waals surface area contributed by atoms with Crippen LogP contribution in [0.5, 0.6) is 0 Å². The fourth-order valence-electron chi connectivity index (χ4n) is 2.18. The zero-order chi connectivity index (χ0) is 15.7. The second kappa shape index (κ2) is 5.73. The smallest absolute Gasteiger partial charge is 0.303 e. The highest BCUT2D eigenvalue weighted by molar-refractivity contribution is 5.58. The maximum Gasteiger partial charge on any atom is 0.417 e. The average Bonchev–Trinajstić information content (AvgIpc) is 2.85. The van der Waals surface area contributed by atoms with Gasteiger partial charge in [-0.15, -0.1) is 0 Å². The molecule has 0 aliphatic carbocycles. The van der Waals surface area contributed by atoms with Crippen molar-refractivity contribution in [3.05, 3.63) is 29.6 Å². The van der Waals surface area contributed by atoms with E-state index in [4.69, 9.17) is 4.84 Å². The molecule has 1 atom stereocenters. The number of aldehydes is 1. The van der Waals surface area contributed by atoms with E-state index in [1.165, 1.54) is 6.07 Å². The number of carbonyl (C=O) groups excluding carboxylic acids is 1. The first-order chi connectivity index (χ1) is 9.73. The van der Waals surface area contributed by atoms with Crippen LogP contribution in [0.3, 0.4) is 0 Å². The molecule has 0 saturated carbocycles. The standard InChI is InChI=1S/C14H17F3N2O2/c1-13(2,9-20)8-19-12(5-6-21-19)11-4-3-10(7-18-11)14(15,16)17/h3-4,7,9,12H,5-6,8H2,1-2H3/t12-/m0/s1. The van der Waals surface area contributed by atoms with Crippen LogP contribution in [0.1, 0.15) is 37.6 Å². The van der Waals surface area contributed by atoms with Gasteiger partial charge in [0.25, 0.3) is 0 Å². The lowest BCUT2D eigenvalue weighted by Gasteiger charge is -2.28. The van der Waals surface area contributed by atoms with E-state index in [9.17, 15) is 18.0 Å². The average molecular weight is 302 g/mol. The van der Waals surface area contributed by atoms with Crippen LogP contribution in [0, 0.1) is 5.41 Å². The molecule has 1 aliphatic heterocycles. The summed E-state index contributed by atoms with van der Waals surface area (Å²) in [5.41, 5.74) is -0.846. The van der Waals surface area contributed by atoms with Crippen molar-refractivity contribution in [1.29, 1.82) is 0 Å². The summed E-state index contributed by atoms with van der Waals surface area (Å²) < 4.78 is 37.6. The van der Waals surface area contributed by atoms with Crippen molar-refractivity contribution in [1.82, 2.24) is 10.0 Å². The number of aromatic nitrogens is 1. The Morgan fingerprint density at radius 2 is 2.14 bits per heavy atom. The Morgan fingerprint density at radius 3 is 2.67 bits per heavy atom. The van der Waals surface area contributed by atoms with Gasteiger partial charge in [0, 0.05) is 18.2 Å². The lowest BCUT2D eigenvalue weighted by atomic mass is 9.95. The lowest BCUT2D eigenvalue weighted by Crippen LogP contribution is -2.34. The van der Waals surface area contributed by atoms with Gasteiger partial charge in [0.2, 0.25) is 0 Å². The molecule has 1 saturated heterocycles. The van der Waals surface area contributed by atoms with Gasteiger partial charge in [0.05, 0.1) is 23.9 Å². The summed E-state index contributed by atoms with van der Waals surface area (Å²) in [6.07, 6.45) is -2.09. The topological polar surface area (TPSA) is 42.4 Å². The third kappa shape index (κ3) is 3.79. The molecule has 1 aromatic rings. The van der Waals surface area contributed by atoms with Crippen LogP contribution in [-0.2, 0) is 15.8 Å². The Labute approximate surface area is 120 Å². The maximum atomic E-state index is 12.5. The lowest BCUT2D eigenvalue weighted by molar-refractivity contribution is -0.155. The summed E-state index contributed by atoms with van der Waals surface area (Å²) in [5, 5.41) is 1.63. The number of hydrogen-bond acceptors (Lipinski definition) is 4. The Kier molecular flexibility index (Phi) is 4.34. The number of hydroxylamine groups is 2. The molecule has 116 valence electrons. The Balaban J connectivity index is 2.15. The van der Waals surface area contributed by atoms with Gasteiger partial charge < -0.3 is 4.79 Å². The second-order valence-corrected chi connectivity index (χ2v) is 5.79. The van der Waals surface area contributed by atoms with E-state index in [0.29, 0.717) is 25.3 Å². The van der Waals surface area contributed by atoms with Gasteiger partial charge in [-0.1, -0.05) is 13.8 Å². The molecule has 2 rings (SSSR count). The molecule has 0 radical (unpaired) electrons. The molecule has 7 heteroatoms. The van der Waals surface area contributed by atoms with Crippen LogP contribution >= 0.6 is 0 Å².